The van der Waals surface area contributed by atoms with Gasteiger partial charge in [-0.15, -0.1) is 0 Å². The van der Waals surface area contributed by atoms with Crippen molar-refractivity contribution in [2.45, 2.75) is 25.8 Å². The number of fused-ring (bicyclic) bond motifs is 2. The topological polar surface area (TPSA) is 49.4 Å². The molecule has 0 fully saturated rings. The Bertz CT molecular complexity index is 847. The zero-order valence-corrected chi connectivity index (χ0v) is 14.7. The van der Waals surface area contributed by atoms with Crippen LogP contribution in [0.15, 0.2) is 40.9 Å². The van der Waals surface area contributed by atoms with Crippen molar-refractivity contribution in [2.24, 2.45) is 0 Å². The van der Waals surface area contributed by atoms with Crippen molar-refractivity contribution < 1.29 is 9.59 Å². The molecule has 0 saturated carbocycles. The molecule has 2 aromatic rings. The lowest BCUT2D eigenvalue weighted by atomic mass is 9.97. The molecule has 122 valence electrons. The van der Waals surface area contributed by atoms with Crippen LogP contribution in [0.3, 0.4) is 0 Å². The van der Waals surface area contributed by atoms with Crippen molar-refractivity contribution >= 4 is 33.4 Å². The van der Waals surface area contributed by atoms with E-state index in [-0.39, 0.29) is 11.8 Å². The van der Waals surface area contributed by atoms with Gasteiger partial charge in [0.15, 0.2) is 0 Å². The highest BCUT2D eigenvalue weighted by Gasteiger charge is 2.24. The van der Waals surface area contributed by atoms with Crippen LogP contribution in [0.5, 0.6) is 0 Å². The molecule has 0 unspecified atom stereocenters. The van der Waals surface area contributed by atoms with Crippen molar-refractivity contribution in [3.8, 4) is 0 Å². The lowest BCUT2D eigenvalue weighted by Crippen LogP contribution is -2.36. The maximum atomic E-state index is 12.9. The van der Waals surface area contributed by atoms with Crippen LogP contribution in [-0.4, -0.2) is 23.3 Å². The molecule has 2 aromatic carbocycles. The first-order valence-corrected chi connectivity index (χ1v) is 8.89. The first-order valence-electron chi connectivity index (χ1n) is 8.10. The molecule has 2 aliphatic rings. The minimum Gasteiger partial charge on any atom is -0.334 e. The number of nitrogens with one attached hydrogen (secondary N) is 1. The number of hydrogen-bond acceptors (Lipinski definition) is 2. The highest BCUT2D eigenvalue weighted by molar-refractivity contribution is 9.10. The molecule has 4 rings (SSSR count). The summed E-state index contributed by atoms with van der Waals surface area (Å²) in [5.41, 5.74) is 5.07. The molecule has 0 saturated heterocycles. The van der Waals surface area contributed by atoms with Crippen molar-refractivity contribution in [1.29, 1.82) is 0 Å². The van der Waals surface area contributed by atoms with Crippen molar-refractivity contribution in [3.63, 3.8) is 0 Å². The number of hydrogen-bond donors (Lipinski definition) is 1. The van der Waals surface area contributed by atoms with Gasteiger partial charge >= 0.3 is 0 Å². The fourth-order valence-corrected chi connectivity index (χ4v) is 4.04. The van der Waals surface area contributed by atoms with E-state index in [0.717, 1.165) is 28.7 Å². The van der Waals surface area contributed by atoms with Gasteiger partial charge in [0, 0.05) is 35.2 Å². The molecule has 0 radical (unpaired) electrons. The molecule has 1 N–H and O–H groups in total. The molecule has 4 nitrogen and oxygen atoms in total. The first-order chi connectivity index (χ1) is 11.6. The van der Waals surface area contributed by atoms with Crippen molar-refractivity contribution in [1.82, 2.24) is 4.90 Å². The van der Waals surface area contributed by atoms with E-state index >= 15 is 0 Å². The van der Waals surface area contributed by atoms with Crippen LogP contribution >= 0.6 is 15.9 Å². The predicted molar refractivity (Wildman–Crippen MR) is 96.0 cm³/mol. The van der Waals surface area contributed by atoms with Gasteiger partial charge in [0.05, 0.1) is 0 Å². The molecule has 0 spiro atoms. The molecule has 0 aromatic heterocycles. The van der Waals surface area contributed by atoms with Crippen LogP contribution in [0.1, 0.15) is 33.5 Å². The lowest BCUT2D eigenvalue weighted by Gasteiger charge is -2.30. The second-order valence-electron chi connectivity index (χ2n) is 6.27. The van der Waals surface area contributed by atoms with Crippen molar-refractivity contribution in [2.75, 3.05) is 11.9 Å². The molecular weight excluding hydrogens is 368 g/mol. The summed E-state index contributed by atoms with van der Waals surface area (Å²) in [4.78, 5) is 26.2. The Morgan fingerprint density at radius 1 is 1.08 bits per heavy atom. The van der Waals surface area contributed by atoms with Gasteiger partial charge in [-0.25, -0.2) is 0 Å². The largest absolute Gasteiger partial charge is 0.334 e. The number of carbonyl (C=O) groups is 2. The van der Waals surface area contributed by atoms with Crippen LogP contribution in [0, 0.1) is 0 Å². The second-order valence-corrected chi connectivity index (χ2v) is 7.13. The maximum absolute atomic E-state index is 12.9. The molecule has 5 heteroatoms. The monoisotopic (exact) mass is 384 g/mol. The van der Waals surface area contributed by atoms with Crippen LogP contribution in [-0.2, 0) is 24.2 Å². The van der Waals surface area contributed by atoms with Crippen molar-refractivity contribution in [3.05, 3.63) is 63.1 Å². The Morgan fingerprint density at radius 2 is 1.96 bits per heavy atom. The van der Waals surface area contributed by atoms with Gasteiger partial charge in [0.1, 0.15) is 0 Å². The Hall–Kier alpha value is -2.14. The number of halogens is 1. The Balaban J connectivity index is 1.58. The van der Waals surface area contributed by atoms with Gasteiger partial charge in [0.25, 0.3) is 5.91 Å². The van der Waals surface area contributed by atoms with Gasteiger partial charge in [-0.1, -0.05) is 28.1 Å². The number of carbonyl (C=O) groups excluding carboxylic acids is 2. The van der Waals surface area contributed by atoms with Gasteiger partial charge < -0.3 is 10.2 Å². The SMILES string of the molecule is O=C1CCc2cc(C(=O)N3CCc4c(Br)cccc4C3)ccc2N1. The summed E-state index contributed by atoms with van der Waals surface area (Å²) < 4.78 is 1.12. The van der Waals surface area contributed by atoms with Gasteiger partial charge in [-0.2, -0.15) is 0 Å². The summed E-state index contributed by atoms with van der Waals surface area (Å²) in [5, 5.41) is 2.86. The second kappa shape index (κ2) is 6.06. The molecule has 0 atom stereocenters. The van der Waals surface area contributed by atoms with E-state index in [0.29, 0.717) is 24.9 Å². The molecule has 2 amide bonds. The minimum absolute atomic E-state index is 0.0415. The fraction of sp³-hybridized carbons (Fsp3) is 0.263. The lowest BCUT2D eigenvalue weighted by molar-refractivity contribution is -0.116. The minimum atomic E-state index is 0.0415. The normalized spacial score (nSPS) is 16.2. The summed E-state index contributed by atoms with van der Waals surface area (Å²) in [6.45, 7) is 1.36. The molecule has 0 bridgehead atoms. The summed E-state index contributed by atoms with van der Waals surface area (Å²) in [5.74, 6) is 0.0973. The molecule has 2 aliphatic heterocycles. The van der Waals surface area contributed by atoms with E-state index in [1.807, 2.05) is 35.2 Å². The molecule has 24 heavy (non-hydrogen) atoms. The Kier molecular flexibility index (Phi) is 3.88. The summed E-state index contributed by atoms with van der Waals surface area (Å²) in [7, 11) is 0. The van der Waals surface area contributed by atoms with Gasteiger partial charge in [0.2, 0.25) is 5.91 Å². The molecule has 2 heterocycles. The quantitative estimate of drug-likeness (QED) is 0.817. The average molecular weight is 385 g/mol. The van der Waals surface area contributed by atoms with E-state index in [1.165, 1.54) is 11.1 Å². The Labute approximate surface area is 149 Å². The van der Waals surface area contributed by atoms with Crippen LogP contribution in [0.4, 0.5) is 5.69 Å². The third-order valence-electron chi connectivity index (χ3n) is 4.74. The highest BCUT2D eigenvalue weighted by Crippen LogP contribution is 2.28. The number of amides is 2. The van der Waals surface area contributed by atoms with E-state index in [9.17, 15) is 9.59 Å². The first kappa shape index (κ1) is 15.4. The van der Waals surface area contributed by atoms with Crippen LogP contribution in [0.2, 0.25) is 0 Å². The summed E-state index contributed by atoms with van der Waals surface area (Å²) >= 11 is 3.59. The highest BCUT2D eigenvalue weighted by atomic mass is 79.9. The fourth-order valence-electron chi connectivity index (χ4n) is 3.44. The zero-order chi connectivity index (χ0) is 16.7. The number of benzene rings is 2. The number of anilines is 1. The Morgan fingerprint density at radius 3 is 2.83 bits per heavy atom. The molecular formula is C19H17BrN2O2. The van der Waals surface area contributed by atoms with Crippen LogP contribution in [0.25, 0.3) is 0 Å². The summed E-state index contributed by atoms with van der Waals surface area (Å²) in [6, 6.07) is 11.7. The van der Waals surface area contributed by atoms with Gasteiger partial charge in [-0.3, -0.25) is 9.59 Å². The molecule has 0 aliphatic carbocycles. The average Bonchev–Trinajstić information content (AvgIpc) is 2.60. The third-order valence-corrected chi connectivity index (χ3v) is 5.49. The van der Waals surface area contributed by atoms with E-state index in [2.05, 4.69) is 27.3 Å². The van der Waals surface area contributed by atoms with Gasteiger partial charge in [-0.05, 0) is 53.8 Å². The standard InChI is InChI=1S/C19H17BrN2O2/c20-16-3-1-2-14-11-22(9-8-15(14)16)19(24)13-4-6-17-12(10-13)5-7-18(23)21-17/h1-4,6,10H,5,7-9,11H2,(H,21,23). The summed E-state index contributed by atoms with van der Waals surface area (Å²) in [6.07, 6.45) is 2.04. The van der Waals surface area contributed by atoms with E-state index < -0.39 is 0 Å². The smallest absolute Gasteiger partial charge is 0.254 e. The number of nitrogens with zero attached hydrogens (tertiary/aromatic N) is 1. The van der Waals surface area contributed by atoms with Crippen LogP contribution < -0.4 is 5.32 Å². The van der Waals surface area contributed by atoms with E-state index in [1.54, 1.807) is 0 Å². The van der Waals surface area contributed by atoms with E-state index in [4.69, 9.17) is 0 Å². The number of aryl methyl sites for hydroxylation is 1. The number of rotatable bonds is 1. The predicted octanol–water partition coefficient (Wildman–Crippen LogP) is 3.53. The third kappa shape index (κ3) is 2.73. The maximum Gasteiger partial charge on any atom is 0.254 e. The zero-order valence-electron chi connectivity index (χ0n) is 13.1.